The second-order valence-corrected chi connectivity index (χ2v) is 6.44. The molecule has 5 amide bonds. The molecular formula is C20H20N4O4. The van der Waals surface area contributed by atoms with Gasteiger partial charge in [0.05, 0.1) is 0 Å². The average Bonchev–Trinajstić information content (AvgIpc) is 2.94. The Morgan fingerprint density at radius 3 is 2.29 bits per heavy atom. The largest absolute Gasteiger partial charge is 0.366 e. The predicted octanol–water partition coefficient (Wildman–Crippen LogP) is 1.58. The summed E-state index contributed by atoms with van der Waals surface area (Å²) in [4.78, 5) is 49.7. The number of carbonyl (C=O) groups is 4. The summed E-state index contributed by atoms with van der Waals surface area (Å²) < 4.78 is 0. The smallest absolute Gasteiger partial charge is 0.325 e. The van der Waals surface area contributed by atoms with E-state index in [0.717, 1.165) is 4.90 Å². The van der Waals surface area contributed by atoms with Gasteiger partial charge in [0.15, 0.2) is 0 Å². The Labute approximate surface area is 161 Å². The second-order valence-electron chi connectivity index (χ2n) is 6.44. The van der Waals surface area contributed by atoms with Crippen LogP contribution in [0.4, 0.5) is 10.5 Å². The molecule has 0 unspecified atom stereocenters. The molecule has 144 valence electrons. The number of urea groups is 1. The van der Waals surface area contributed by atoms with Gasteiger partial charge >= 0.3 is 6.03 Å². The van der Waals surface area contributed by atoms with Gasteiger partial charge in [0.2, 0.25) is 11.8 Å². The van der Waals surface area contributed by atoms with Crippen LogP contribution in [-0.4, -0.2) is 35.2 Å². The van der Waals surface area contributed by atoms with Crippen LogP contribution in [0.5, 0.6) is 0 Å². The Balaban J connectivity index is 1.73. The number of nitrogens with zero attached hydrogens (tertiary/aromatic N) is 1. The normalized spacial score (nSPS) is 18.7. The number of hydrogen-bond acceptors (Lipinski definition) is 4. The minimum absolute atomic E-state index is 0.308. The number of amides is 5. The van der Waals surface area contributed by atoms with Gasteiger partial charge in [0.1, 0.15) is 12.1 Å². The molecule has 0 spiro atoms. The van der Waals surface area contributed by atoms with Crippen LogP contribution in [0.3, 0.4) is 0 Å². The van der Waals surface area contributed by atoms with Crippen molar-refractivity contribution in [3.8, 4) is 0 Å². The van der Waals surface area contributed by atoms with Crippen molar-refractivity contribution < 1.29 is 19.2 Å². The lowest BCUT2D eigenvalue weighted by Gasteiger charge is -2.25. The minimum Gasteiger partial charge on any atom is -0.366 e. The summed E-state index contributed by atoms with van der Waals surface area (Å²) in [6, 6.07) is 14.3. The fourth-order valence-corrected chi connectivity index (χ4v) is 3.19. The highest BCUT2D eigenvalue weighted by Gasteiger charge is 2.51. The maximum Gasteiger partial charge on any atom is 0.325 e. The first-order chi connectivity index (χ1) is 13.4. The van der Waals surface area contributed by atoms with Gasteiger partial charge in [-0.25, -0.2) is 4.79 Å². The summed E-state index contributed by atoms with van der Waals surface area (Å²) in [6.45, 7) is 1.38. The Kier molecular flexibility index (Phi) is 5.12. The van der Waals surface area contributed by atoms with Crippen molar-refractivity contribution in [1.82, 2.24) is 10.2 Å². The number of primary amides is 1. The zero-order chi connectivity index (χ0) is 20.3. The molecule has 4 N–H and O–H groups in total. The van der Waals surface area contributed by atoms with Crippen molar-refractivity contribution in [2.75, 3.05) is 11.9 Å². The quantitative estimate of drug-likeness (QED) is 0.659. The number of benzene rings is 2. The lowest BCUT2D eigenvalue weighted by molar-refractivity contribution is -0.134. The fourth-order valence-electron chi connectivity index (χ4n) is 3.19. The number of nitrogens with two attached hydrogens (primary N) is 1. The van der Waals surface area contributed by atoms with Gasteiger partial charge in [-0.1, -0.05) is 37.3 Å². The van der Waals surface area contributed by atoms with Crippen molar-refractivity contribution in [1.29, 1.82) is 0 Å². The molecule has 0 saturated carbocycles. The minimum atomic E-state index is -1.18. The molecule has 0 bridgehead atoms. The number of rotatable bonds is 6. The van der Waals surface area contributed by atoms with E-state index in [2.05, 4.69) is 10.6 Å². The van der Waals surface area contributed by atoms with Gasteiger partial charge in [-0.15, -0.1) is 0 Å². The number of nitrogens with one attached hydrogen (secondary N) is 2. The van der Waals surface area contributed by atoms with Crippen LogP contribution >= 0.6 is 0 Å². The fraction of sp³-hybridized carbons (Fsp3) is 0.200. The molecule has 1 heterocycles. The molecule has 0 aliphatic carbocycles. The van der Waals surface area contributed by atoms with E-state index in [0.29, 0.717) is 23.2 Å². The van der Waals surface area contributed by atoms with Crippen LogP contribution in [0.25, 0.3) is 0 Å². The molecule has 1 aliphatic rings. The molecule has 1 aliphatic heterocycles. The third-order valence-corrected chi connectivity index (χ3v) is 4.73. The highest BCUT2D eigenvalue weighted by molar-refractivity contribution is 6.10. The van der Waals surface area contributed by atoms with E-state index in [1.54, 1.807) is 31.2 Å². The number of carbonyl (C=O) groups excluding carboxylic acids is 4. The number of hydrogen-bond donors (Lipinski definition) is 3. The van der Waals surface area contributed by atoms with Crippen LogP contribution in [0.2, 0.25) is 0 Å². The third-order valence-electron chi connectivity index (χ3n) is 4.73. The van der Waals surface area contributed by atoms with Gasteiger partial charge in [0, 0.05) is 11.3 Å². The monoisotopic (exact) mass is 380 g/mol. The summed E-state index contributed by atoms with van der Waals surface area (Å²) in [5, 5.41) is 5.32. The van der Waals surface area contributed by atoms with Gasteiger partial charge < -0.3 is 16.4 Å². The van der Waals surface area contributed by atoms with Crippen LogP contribution < -0.4 is 16.4 Å². The lowest BCUT2D eigenvalue weighted by atomic mass is 9.87. The molecule has 1 atom stereocenters. The van der Waals surface area contributed by atoms with E-state index in [-0.39, 0.29) is 0 Å². The second kappa shape index (κ2) is 7.51. The lowest BCUT2D eigenvalue weighted by Crippen LogP contribution is -2.44. The van der Waals surface area contributed by atoms with E-state index in [9.17, 15) is 19.2 Å². The van der Waals surface area contributed by atoms with Crippen LogP contribution in [0.1, 0.15) is 29.3 Å². The van der Waals surface area contributed by atoms with E-state index < -0.39 is 35.8 Å². The van der Waals surface area contributed by atoms with Crippen LogP contribution in [0, 0.1) is 0 Å². The van der Waals surface area contributed by atoms with Crippen LogP contribution in [-0.2, 0) is 15.1 Å². The Bertz CT molecular complexity index is 927. The molecular weight excluding hydrogens is 360 g/mol. The Hall–Kier alpha value is -3.68. The standard InChI is InChI=1S/C20H20N4O4/c1-2-20(14-6-4-3-5-7-14)18(27)24(19(28)23-20)12-16(25)22-15-10-8-13(9-11-15)17(21)26/h3-11H,2,12H2,1H3,(H2,21,26)(H,22,25)(H,23,28)/t20-/m1/s1. The molecule has 2 aromatic carbocycles. The first kappa shape index (κ1) is 19.1. The SMILES string of the molecule is CC[C@]1(c2ccccc2)NC(=O)N(CC(=O)Nc2ccc(C(N)=O)cc2)C1=O. The molecule has 2 aromatic rings. The predicted molar refractivity (Wildman–Crippen MR) is 102 cm³/mol. The first-order valence-corrected chi connectivity index (χ1v) is 8.76. The van der Waals surface area contributed by atoms with Crippen molar-refractivity contribution in [3.05, 3.63) is 65.7 Å². The average molecular weight is 380 g/mol. The van der Waals surface area contributed by atoms with E-state index >= 15 is 0 Å². The van der Waals surface area contributed by atoms with Crippen LogP contribution in [0.15, 0.2) is 54.6 Å². The molecule has 0 radical (unpaired) electrons. The zero-order valence-corrected chi connectivity index (χ0v) is 15.3. The summed E-state index contributed by atoms with van der Waals surface area (Å²) in [5.74, 6) is -1.57. The molecule has 8 nitrogen and oxygen atoms in total. The summed E-state index contributed by atoms with van der Waals surface area (Å²) in [5.41, 5.74) is 5.40. The topological polar surface area (TPSA) is 122 Å². The maximum atomic E-state index is 13.0. The number of imide groups is 1. The molecule has 3 rings (SSSR count). The summed E-state index contributed by atoms with van der Waals surface area (Å²) in [7, 11) is 0. The van der Waals surface area contributed by atoms with Crippen molar-refractivity contribution >= 4 is 29.4 Å². The van der Waals surface area contributed by atoms with Gasteiger partial charge in [-0.2, -0.15) is 0 Å². The summed E-state index contributed by atoms with van der Waals surface area (Å²) >= 11 is 0. The molecule has 28 heavy (non-hydrogen) atoms. The van der Waals surface area contributed by atoms with E-state index in [1.807, 2.05) is 6.07 Å². The zero-order valence-electron chi connectivity index (χ0n) is 15.3. The highest BCUT2D eigenvalue weighted by Crippen LogP contribution is 2.32. The van der Waals surface area contributed by atoms with Crippen molar-refractivity contribution in [3.63, 3.8) is 0 Å². The molecule has 8 heteroatoms. The van der Waals surface area contributed by atoms with Gasteiger partial charge in [-0.05, 0) is 36.2 Å². The molecule has 1 fully saturated rings. The molecule has 1 saturated heterocycles. The Morgan fingerprint density at radius 2 is 1.71 bits per heavy atom. The van der Waals surface area contributed by atoms with Gasteiger partial charge in [0.25, 0.3) is 5.91 Å². The van der Waals surface area contributed by atoms with E-state index in [4.69, 9.17) is 5.73 Å². The molecule has 0 aromatic heterocycles. The highest BCUT2D eigenvalue weighted by atomic mass is 16.2. The van der Waals surface area contributed by atoms with Crippen molar-refractivity contribution in [2.24, 2.45) is 5.73 Å². The third kappa shape index (κ3) is 3.44. The number of anilines is 1. The Morgan fingerprint density at radius 1 is 1.07 bits per heavy atom. The van der Waals surface area contributed by atoms with Gasteiger partial charge in [-0.3, -0.25) is 19.3 Å². The van der Waals surface area contributed by atoms with E-state index in [1.165, 1.54) is 24.3 Å². The summed E-state index contributed by atoms with van der Waals surface area (Å²) in [6.07, 6.45) is 0.355. The maximum absolute atomic E-state index is 13.0. The van der Waals surface area contributed by atoms with Crippen molar-refractivity contribution in [2.45, 2.75) is 18.9 Å². The first-order valence-electron chi connectivity index (χ1n) is 8.76.